The number of nitrogens with zero attached hydrogens (tertiary/aromatic N) is 2. The SMILES string of the molecule is COc1ccc(/C=C/C(=O)NCc2csc(-c3ccccn3)n2)cc1. The molecule has 2 heterocycles. The van der Waals surface area contributed by atoms with Crippen LogP contribution in [0.3, 0.4) is 0 Å². The third-order valence-corrected chi connectivity index (χ3v) is 4.34. The highest BCUT2D eigenvalue weighted by molar-refractivity contribution is 7.13. The molecule has 0 aliphatic heterocycles. The lowest BCUT2D eigenvalue weighted by atomic mass is 10.2. The van der Waals surface area contributed by atoms with E-state index in [1.165, 1.54) is 17.4 Å². The number of carbonyl (C=O) groups is 1. The Balaban J connectivity index is 1.53. The number of hydrogen-bond donors (Lipinski definition) is 1. The van der Waals surface area contributed by atoms with Crippen molar-refractivity contribution in [3.8, 4) is 16.5 Å². The van der Waals surface area contributed by atoms with Gasteiger partial charge < -0.3 is 10.1 Å². The zero-order valence-corrected chi connectivity index (χ0v) is 14.5. The third kappa shape index (κ3) is 4.74. The van der Waals surface area contributed by atoms with Gasteiger partial charge in [0.2, 0.25) is 5.91 Å². The van der Waals surface area contributed by atoms with Gasteiger partial charge in [-0.3, -0.25) is 9.78 Å². The standard InChI is InChI=1S/C19H17N3O2S/c1-24-16-8-5-14(6-9-16)7-10-18(23)21-12-15-13-25-19(22-15)17-4-2-3-11-20-17/h2-11,13H,12H2,1H3,(H,21,23)/b10-7+. The molecule has 0 unspecified atom stereocenters. The van der Waals surface area contributed by atoms with Crippen molar-refractivity contribution >= 4 is 23.3 Å². The van der Waals surface area contributed by atoms with Crippen LogP contribution >= 0.6 is 11.3 Å². The number of ether oxygens (including phenoxy) is 1. The maximum atomic E-state index is 11.9. The molecule has 0 spiro atoms. The molecular formula is C19H17N3O2S. The van der Waals surface area contributed by atoms with Crippen LogP contribution < -0.4 is 10.1 Å². The summed E-state index contributed by atoms with van der Waals surface area (Å²) in [5, 5.41) is 5.60. The number of pyridine rings is 1. The molecule has 0 aliphatic carbocycles. The molecule has 0 saturated heterocycles. The first-order chi connectivity index (χ1) is 12.2. The first-order valence-corrected chi connectivity index (χ1v) is 8.58. The average molecular weight is 351 g/mol. The second kappa shape index (κ2) is 8.21. The lowest BCUT2D eigenvalue weighted by molar-refractivity contribution is -0.116. The Labute approximate surface area is 150 Å². The Morgan fingerprint density at radius 2 is 2.08 bits per heavy atom. The van der Waals surface area contributed by atoms with E-state index in [1.807, 2.05) is 47.8 Å². The van der Waals surface area contributed by atoms with Crippen molar-refractivity contribution in [1.82, 2.24) is 15.3 Å². The van der Waals surface area contributed by atoms with E-state index in [4.69, 9.17) is 4.74 Å². The van der Waals surface area contributed by atoms with E-state index in [2.05, 4.69) is 15.3 Å². The molecule has 0 saturated carbocycles. The van der Waals surface area contributed by atoms with Gasteiger partial charge in [-0.2, -0.15) is 0 Å². The second-order valence-electron chi connectivity index (χ2n) is 5.18. The molecule has 6 heteroatoms. The van der Waals surface area contributed by atoms with Crippen molar-refractivity contribution in [3.05, 3.63) is 71.4 Å². The maximum absolute atomic E-state index is 11.9. The van der Waals surface area contributed by atoms with Crippen LogP contribution in [-0.2, 0) is 11.3 Å². The largest absolute Gasteiger partial charge is 0.497 e. The number of nitrogens with one attached hydrogen (secondary N) is 1. The van der Waals surface area contributed by atoms with Gasteiger partial charge in [-0.1, -0.05) is 18.2 Å². The predicted octanol–water partition coefficient (Wildman–Crippen LogP) is 3.54. The molecule has 0 atom stereocenters. The van der Waals surface area contributed by atoms with E-state index in [-0.39, 0.29) is 5.91 Å². The third-order valence-electron chi connectivity index (χ3n) is 3.42. The summed E-state index contributed by atoms with van der Waals surface area (Å²) in [5.41, 5.74) is 2.59. The number of carbonyl (C=O) groups excluding carboxylic acids is 1. The second-order valence-corrected chi connectivity index (χ2v) is 6.04. The number of aromatic nitrogens is 2. The number of hydrogen-bond acceptors (Lipinski definition) is 5. The summed E-state index contributed by atoms with van der Waals surface area (Å²) in [7, 11) is 1.62. The molecule has 5 nitrogen and oxygen atoms in total. The van der Waals surface area contributed by atoms with Crippen molar-refractivity contribution in [2.24, 2.45) is 0 Å². The van der Waals surface area contributed by atoms with Gasteiger partial charge in [0, 0.05) is 17.7 Å². The highest BCUT2D eigenvalue weighted by atomic mass is 32.1. The van der Waals surface area contributed by atoms with Crippen LogP contribution in [0.4, 0.5) is 0 Å². The van der Waals surface area contributed by atoms with Gasteiger partial charge in [0.15, 0.2) is 0 Å². The zero-order chi connectivity index (χ0) is 17.5. The Bertz CT molecular complexity index is 858. The van der Waals surface area contributed by atoms with Gasteiger partial charge in [0.1, 0.15) is 10.8 Å². The first kappa shape index (κ1) is 16.9. The molecule has 0 fully saturated rings. The number of thiazole rings is 1. The van der Waals surface area contributed by atoms with Crippen molar-refractivity contribution in [2.75, 3.05) is 7.11 Å². The van der Waals surface area contributed by atoms with Gasteiger partial charge in [-0.15, -0.1) is 11.3 Å². The lowest BCUT2D eigenvalue weighted by Crippen LogP contribution is -2.20. The highest BCUT2D eigenvalue weighted by Gasteiger charge is 2.06. The van der Waals surface area contributed by atoms with Crippen LogP contribution in [0.1, 0.15) is 11.3 Å². The van der Waals surface area contributed by atoms with Gasteiger partial charge in [0.05, 0.1) is 25.0 Å². The molecular weight excluding hydrogens is 334 g/mol. The van der Waals surface area contributed by atoms with E-state index in [0.717, 1.165) is 27.7 Å². The molecule has 0 radical (unpaired) electrons. The minimum absolute atomic E-state index is 0.164. The molecule has 126 valence electrons. The Kier molecular flexibility index (Phi) is 5.53. The molecule has 2 aromatic heterocycles. The fourth-order valence-electron chi connectivity index (χ4n) is 2.12. The normalized spacial score (nSPS) is 10.8. The smallest absolute Gasteiger partial charge is 0.244 e. The molecule has 1 aromatic carbocycles. The van der Waals surface area contributed by atoms with Crippen molar-refractivity contribution in [3.63, 3.8) is 0 Å². The van der Waals surface area contributed by atoms with Crippen molar-refractivity contribution in [2.45, 2.75) is 6.54 Å². The Morgan fingerprint density at radius 3 is 2.80 bits per heavy atom. The number of rotatable bonds is 6. The molecule has 0 bridgehead atoms. The summed E-state index contributed by atoms with van der Waals surface area (Å²) < 4.78 is 5.10. The van der Waals surface area contributed by atoms with Crippen LogP contribution in [0.2, 0.25) is 0 Å². The first-order valence-electron chi connectivity index (χ1n) is 7.70. The van der Waals surface area contributed by atoms with Crippen molar-refractivity contribution in [1.29, 1.82) is 0 Å². The lowest BCUT2D eigenvalue weighted by Gasteiger charge is -2.00. The minimum atomic E-state index is -0.164. The van der Waals surface area contributed by atoms with E-state index in [9.17, 15) is 4.79 Å². The van der Waals surface area contributed by atoms with Crippen LogP contribution in [0.15, 0.2) is 60.1 Å². The van der Waals surface area contributed by atoms with E-state index in [1.54, 1.807) is 19.4 Å². The predicted molar refractivity (Wildman–Crippen MR) is 99.2 cm³/mol. The summed E-state index contributed by atoms with van der Waals surface area (Å²) in [4.78, 5) is 20.7. The van der Waals surface area contributed by atoms with E-state index < -0.39 is 0 Å². The van der Waals surface area contributed by atoms with E-state index >= 15 is 0 Å². The number of benzene rings is 1. The Hall–Kier alpha value is -2.99. The van der Waals surface area contributed by atoms with Crippen LogP contribution in [0, 0.1) is 0 Å². The van der Waals surface area contributed by atoms with Gasteiger partial charge in [0.25, 0.3) is 0 Å². The molecule has 3 aromatic rings. The summed E-state index contributed by atoms with van der Waals surface area (Å²) in [6.07, 6.45) is 5.01. The summed E-state index contributed by atoms with van der Waals surface area (Å²) >= 11 is 1.51. The molecule has 0 aliphatic rings. The quantitative estimate of drug-likeness (QED) is 0.690. The molecule has 3 rings (SSSR count). The highest BCUT2D eigenvalue weighted by Crippen LogP contribution is 2.21. The molecule has 1 N–H and O–H groups in total. The van der Waals surface area contributed by atoms with E-state index in [0.29, 0.717) is 6.54 Å². The van der Waals surface area contributed by atoms with Crippen molar-refractivity contribution < 1.29 is 9.53 Å². The van der Waals surface area contributed by atoms with Crippen LogP contribution in [0.5, 0.6) is 5.75 Å². The van der Waals surface area contributed by atoms with Crippen LogP contribution in [0.25, 0.3) is 16.8 Å². The number of methoxy groups -OCH3 is 1. The Morgan fingerprint density at radius 1 is 1.24 bits per heavy atom. The molecule has 1 amide bonds. The topological polar surface area (TPSA) is 64.1 Å². The van der Waals surface area contributed by atoms with Gasteiger partial charge in [-0.25, -0.2) is 4.98 Å². The van der Waals surface area contributed by atoms with Gasteiger partial charge >= 0.3 is 0 Å². The fraction of sp³-hybridized carbons (Fsp3) is 0.105. The maximum Gasteiger partial charge on any atom is 0.244 e. The average Bonchev–Trinajstić information content (AvgIpc) is 3.15. The molecule has 25 heavy (non-hydrogen) atoms. The summed E-state index contributed by atoms with van der Waals surface area (Å²) in [5.74, 6) is 0.622. The minimum Gasteiger partial charge on any atom is -0.497 e. The summed E-state index contributed by atoms with van der Waals surface area (Å²) in [6, 6.07) is 13.2. The van der Waals surface area contributed by atoms with Gasteiger partial charge in [-0.05, 0) is 35.9 Å². The number of amides is 1. The monoisotopic (exact) mass is 351 g/mol. The zero-order valence-electron chi connectivity index (χ0n) is 13.7. The fourth-order valence-corrected chi connectivity index (χ4v) is 2.91. The van der Waals surface area contributed by atoms with Crippen LogP contribution in [-0.4, -0.2) is 23.0 Å². The summed E-state index contributed by atoms with van der Waals surface area (Å²) in [6.45, 7) is 0.384.